The Morgan fingerprint density at radius 3 is 2.41 bits per heavy atom. The van der Waals surface area contributed by atoms with E-state index in [1.807, 2.05) is 55.7 Å². The van der Waals surface area contributed by atoms with E-state index in [2.05, 4.69) is 29.8 Å². The third kappa shape index (κ3) is 3.80. The number of hydrogen-bond acceptors (Lipinski definition) is 2. The standard InChI is InChI=1S/C23H27N2O2/c1-6-19-8-7-16(2)24(14-19)15-23(26)22-13-17(3)25(18(22)4)20-9-11-21(27-5)12-10-20/h7-14H,6,15H2,1-5H3/q+1. The normalized spacial score (nSPS) is 10.9. The molecule has 3 aromatic rings. The minimum absolute atomic E-state index is 0.129. The number of carbonyl (C=O) groups excluding carboxylic acids is 1. The van der Waals surface area contributed by atoms with Crippen LogP contribution in [0.3, 0.4) is 0 Å². The van der Waals surface area contributed by atoms with E-state index in [1.165, 1.54) is 5.56 Å². The van der Waals surface area contributed by atoms with Gasteiger partial charge in [0, 0.05) is 41.2 Å². The van der Waals surface area contributed by atoms with E-state index >= 15 is 0 Å². The molecule has 0 amide bonds. The number of nitrogens with zero attached hydrogens (tertiary/aromatic N) is 2. The van der Waals surface area contributed by atoms with Crippen LogP contribution in [0.15, 0.2) is 48.7 Å². The molecule has 0 unspecified atom stereocenters. The van der Waals surface area contributed by atoms with Crippen LogP contribution in [-0.2, 0) is 13.0 Å². The number of rotatable bonds is 6. The molecule has 4 nitrogen and oxygen atoms in total. The predicted octanol–water partition coefficient (Wildman–Crippen LogP) is 4.14. The van der Waals surface area contributed by atoms with Gasteiger partial charge in [0.05, 0.1) is 7.11 Å². The van der Waals surface area contributed by atoms with Gasteiger partial charge in [0.15, 0.2) is 11.9 Å². The molecule has 2 heterocycles. The molecule has 0 aliphatic heterocycles. The van der Waals surface area contributed by atoms with E-state index in [0.717, 1.165) is 40.5 Å². The highest BCUT2D eigenvalue weighted by molar-refractivity contribution is 5.96. The third-order valence-electron chi connectivity index (χ3n) is 5.10. The van der Waals surface area contributed by atoms with E-state index in [1.54, 1.807) is 7.11 Å². The van der Waals surface area contributed by atoms with Crippen molar-refractivity contribution in [2.45, 2.75) is 40.7 Å². The Kier molecular flexibility index (Phi) is 5.45. The fraction of sp³-hybridized carbons (Fsp3) is 0.304. The van der Waals surface area contributed by atoms with Crippen molar-refractivity contribution in [1.29, 1.82) is 0 Å². The lowest BCUT2D eigenvalue weighted by Crippen LogP contribution is -2.41. The van der Waals surface area contributed by atoms with Crippen molar-refractivity contribution in [3.8, 4) is 11.4 Å². The second kappa shape index (κ2) is 7.78. The number of carbonyl (C=O) groups is 1. The summed E-state index contributed by atoms with van der Waals surface area (Å²) >= 11 is 0. The summed E-state index contributed by atoms with van der Waals surface area (Å²) in [4.78, 5) is 13.0. The van der Waals surface area contributed by atoms with Crippen LogP contribution in [-0.4, -0.2) is 17.5 Å². The molecule has 0 radical (unpaired) electrons. The summed E-state index contributed by atoms with van der Waals surface area (Å²) in [6.07, 6.45) is 3.04. The van der Waals surface area contributed by atoms with Gasteiger partial charge in [-0.25, -0.2) is 0 Å². The lowest BCUT2D eigenvalue weighted by Gasteiger charge is -2.10. The molecule has 0 N–H and O–H groups in total. The molecule has 0 atom stereocenters. The summed E-state index contributed by atoms with van der Waals surface area (Å²) in [7, 11) is 1.66. The maximum Gasteiger partial charge on any atom is 0.229 e. The summed E-state index contributed by atoms with van der Waals surface area (Å²) < 4.78 is 9.40. The number of aryl methyl sites for hydroxylation is 3. The highest BCUT2D eigenvalue weighted by Gasteiger charge is 2.21. The van der Waals surface area contributed by atoms with Gasteiger partial charge in [-0.1, -0.05) is 6.92 Å². The van der Waals surface area contributed by atoms with Crippen molar-refractivity contribution < 1.29 is 14.1 Å². The Morgan fingerprint density at radius 1 is 1.07 bits per heavy atom. The average Bonchev–Trinajstić information content (AvgIpc) is 2.98. The smallest absolute Gasteiger partial charge is 0.229 e. The highest BCUT2D eigenvalue weighted by Crippen LogP contribution is 2.23. The molecule has 0 saturated heterocycles. The fourth-order valence-electron chi connectivity index (χ4n) is 3.46. The first-order valence-electron chi connectivity index (χ1n) is 9.30. The SMILES string of the molecule is CCc1ccc(C)[n+](CC(=O)c2cc(C)n(-c3ccc(OC)cc3)c2C)c1. The van der Waals surface area contributed by atoms with Gasteiger partial charge in [0.25, 0.3) is 0 Å². The monoisotopic (exact) mass is 363 g/mol. The topological polar surface area (TPSA) is 35.1 Å². The molecule has 1 aromatic carbocycles. The van der Waals surface area contributed by atoms with Gasteiger partial charge in [-0.3, -0.25) is 4.79 Å². The third-order valence-corrected chi connectivity index (χ3v) is 5.10. The van der Waals surface area contributed by atoms with Gasteiger partial charge in [0.1, 0.15) is 5.75 Å². The van der Waals surface area contributed by atoms with E-state index in [0.29, 0.717) is 6.54 Å². The lowest BCUT2D eigenvalue weighted by molar-refractivity contribution is -0.689. The molecule has 27 heavy (non-hydrogen) atoms. The Hall–Kier alpha value is -2.88. The van der Waals surface area contributed by atoms with Gasteiger partial charge in [-0.15, -0.1) is 0 Å². The Bertz CT molecular complexity index is 969. The molecule has 0 saturated carbocycles. The van der Waals surface area contributed by atoms with E-state index in [9.17, 15) is 4.79 Å². The molecule has 0 bridgehead atoms. The van der Waals surface area contributed by atoms with E-state index in [-0.39, 0.29) is 5.78 Å². The number of Topliss-reactive ketones (excluding diaryl/α,β-unsaturated/α-hetero) is 1. The highest BCUT2D eigenvalue weighted by atomic mass is 16.5. The first-order chi connectivity index (χ1) is 12.9. The molecule has 3 rings (SSSR count). The fourth-order valence-corrected chi connectivity index (χ4v) is 3.46. The number of ether oxygens (including phenoxy) is 1. The summed E-state index contributed by atoms with van der Waals surface area (Å²) in [5, 5.41) is 0. The van der Waals surface area contributed by atoms with Gasteiger partial charge < -0.3 is 9.30 Å². The van der Waals surface area contributed by atoms with Crippen LogP contribution >= 0.6 is 0 Å². The molecule has 2 aromatic heterocycles. The summed E-state index contributed by atoms with van der Waals surface area (Å²) in [6, 6.07) is 14.1. The van der Waals surface area contributed by atoms with Crippen molar-refractivity contribution >= 4 is 5.78 Å². The molecular weight excluding hydrogens is 336 g/mol. The van der Waals surface area contributed by atoms with Crippen LogP contribution in [0.5, 0.6) is 5.75 Å². The van der Waals surface area contributed by atoms with Crippen molar-refractivity contribution in [3.05, 3.63) is 76.9 Å². The van der Waals surface area contributed by atoms with Crippen molar-refractivity contribution in [2.75, 3.05) is 7.11 Å². The quantitative estimate of drug-likeness (QED) is 0.487. The van der Waals surface area contributed by atoms with Crippen LogP contribution in [0.2, 0.25) is 0 Å². The zero-order valence-electron chi connectivity index (χ0n) is 16.7. The van der Waals surface area contributed by atoms with E-state index < -0.39 is 0 Å². The van der Waals surface area contributed by atoms with Crippen LogP contribution < -0.4 is 9.30 Å². The minimum Gasteiger partial charge on any atom is -0.497 e. The molecule has 0 fully saturated rings. The maximum absolute atomic E-state index is 13.0. The molecule has 0 spiro atoms. The van der Waals surface area contributed by atoms with Crippen LogP contribution in [0, 0.1) is 20.8 Å². The van der Waals surface area contributed by atoms with Crippen molar-refractivity contribution in [1.82, 2.24) is 4.57 Å². The average molecular weight is 363 g/mol. The van der Waals surface area contributed by atoms with Crippen molar-refractivity contribution in [2.24, 2.45) is 0 Å². The number of benzene rings is 1. The molecule has 0 aliphatic carbocycles. The largest absolute Gasteiger partial charge is 0.497 e. The summed E-state index contributed by atoms with van der Waals surface area (Å²) in [5.74, 6) is 0.949. The zero-order valence-corrected chi connectivity index (χ0v) is 16.7. The first-order valence-corrected chi connectivity index (χ1v) is 9.30. The van der Waals surface area contributed by atoms with Crippen LogP contribution in [0.25, 0.3) is 5.69 Å². The molecular formula is C23H27N2O2+. The molecule has 140 valence electrons. The Labute approximate surface area is 161 Å². The second-order valence-corrected chi connectivity index (χ2v) is 6.90. The number of pyridine rings is 1. The summed E-state index contributed by atoms with van der Waals surface area (Å²) in [5.41, 5.74) is 6.14. The van der Waals surface area contributed by atoms with E-state index in [4.69, 9.17) is 4.74 Å². The maximum atomic E-state index is 13.0. The number of aromatic nitrogens is 2. The predicted molar refractivity (Wildman–Crippen MR) is 107 cm³/mol. The van der Waals surface area contributed by atoms with Gasteiger partial charge in [0.2, 0.25) is 12.3 Å². The minimum atomic E-state index is 0.129. The van der Waals surface area contributed by atoms with Crippen molar-refractivity contribution in [3.63, 3.8) is 0 Å². The second-order valence-electron chi connectivity index (χ2n) is 6.90. The lowest BCUT2D eigenvalue weighted by atomic mass is 10.1. The number of hydrogen-bond donors (Lipinski definition) is 0. The first kappa shape index (κ1) is 18.9. The Balaban J connectivity index is 1.92. The zero-order chi connectivity index (χ0) is 19.6. The van der Waals surface area contributed by atoms with Crippen LogP contribution in [0.1, 0.15) is 39.9 Å². The van der Waals surface area contributed by atoms with Crippen LogP contribution in [0.4, 0.5) is 0 Å². The summed E-state index contributed by atoms with van der Waals surface area (Å²) in [6.45, 7) is 8.55. The molecule has 4 heteroatoms. The number of ketones is 1. The Morgan fingerprint density at radius 2 is 1.78 bits per heavy atom. The number of methoxy groups -OCH3 is 1. The molecule has 0 aliphatic rings. The van der Waals surface area contributed by atoms with Gasteiger partial charge in [-0.05, 0) is 56.7 Å². The van der Waals surface area contributed by atoms with Gasteiger partial charge >= 0.3 is 0 Å². The van der Waals surface area contributed by atoms with Gasteiger partial charge in [-0.2, -0.15) is 4.57 Å².